The predicted molar refractivity (Wildman–Crippen MR) is 123 cm³/mol. The van der Waals surface area contributed by atoms with Crippen LogP contribution in [0.2, 0.25) is 0 Å². The normalized spacial score (nSPS) is 17.4. The third-order valence-corrected chi connectivity index (χ3v) is 7.54. The first-order chi connectivity index (χ1) is 15.9. The van der Waals surface area contributed by atoms with Gasteiger partial charge in [0.05, 0.1) is 29.9 Å². The Morgan fingerprint density at radius 3 is 2.42 bits per heavy atom. The zero-order valence-electron chi connectivity index (χ0n) is 18.8. The number of morpholine rings is 1. The molecule has 1 atom stereocenters. The molecule has 0 saturated carbocycles. The fourth-order valence-electron chi connectivity index (χ4n) is 3.90. The lowest BCUT2D eigenvalue weighted by atomic mass is 10.0. The van der Waals surface area contributed by atoms with Crippen LogP contribution in [0.5, 0.6) is 11.5 Å². The minimum absolute atomic E-state index is 0.123. The molecule has 178 valence electrons. The Kier molecular flexibility index (Phi) is 7.52. The molecule has 0 bridgehead atoms. The molecule has 0 aromatic heterocycles. The number of aryl methyl sites for hydroxylation is 1. The molecule has 1 unspecified atom stereocenters. The van der Waals surface area contributed by atoms with Crippen LogP contribution < -0.4 is 14.8 Å². The van der Waals surface area contributed by atoms with Crippen molar-refractivity contribution < 1.29 is 27.4 Å². The number of rotatable bonds is 8. The number of hydrogen-bond acceptors (Lipinski definition) is 7. The molecule has 2 aliphatic rings. The lowest BCUT2D eigenvalue weighted by Crippen LogP contribution is -2.43. The molecule has 8 nitrogen and oxygen atoms in total. The smallest absolute Gasteiger partial charge is 0.221 e. The number of nitrogens with zero attached hydrogens (tertiary/aromatic N) is 1. The highest BCUT2D eigenvalue weighted by Crippen LogP contribution is 2.32. The zero-order valence-corrected chi connectivity index (χ0v) is 19.6. The van der Waals surface area contributed by atoms with Gasteiger partial charge in [-0.2, -0.15) is 0 Å². The van der Waals surface area contributed by atoms with Gasteiger partial charge in [0.2, 0.25) is 5.91 Å². The van der Waals surface area contributed by atoms with Crippen LogP contribution in [0.15, 0.2) is 47.4 Å². The molecule has 2 heterocycles. The van der Waals surface area contributed by atoms with Gasteiger partial charge < -0.3 is 19.5 Å². The van der Waals surface area contributed by atoms with E-state index in [1.54, 1.807) is 6.07 Å². The average molecular weight is 475 g/mol. The number of nitrogens with one attached hydrogen (secondary N) is 1. The van der Waals surface area contributed by atoms with Crippen molar-refractivity contribution in [3.8, 4) is 11.5 Å². The number of sulfone groups is 1. The summed E-state index contributed by atoms with van der Waals surface area (Å²) in [6.45, 7) is 6.42. The van der Waals surface area contributed by atoms with Gasteiger partial charge in [-0.15, -0.1) is 0 Å². The van der Waals surface area contributed by atoms with Gasteiger partial charge in [-0.3, -0.25) is 9.69 Å². The number of benzene rings is 2. The van der Waals surface area contributed by atoms with Gasteiger partial charge in [-0.25, -0.2) is 8.42 Å². The monoisotopic (exact) mass is 474 g/mol. The number of carbonyl (C=O) groups is 1. The fraction of sp³-hybridized carbons (Fsp3) is 0.458. The summed E-state index contributed by atoms with van der Waals surface area (Å²) in [6, 6.07) is 12.4. The van der Waals surface area contributed by atoms with Gasteiger partial charge in [0.15, 0.2) is 21.3 Å². The summed E-state index contributed by atoms with van der Waals surface area (Å²) < 4.78 is 42.0. The van der Waals surface area contributed by atoms with Crippen LogP contribution in [-0.2, 0) is 19.4 Å². The molecule has 0 spiro atoms. The third-order valence-electron chi connectivity index (χ3n) is 5.83. The quantitative estimate of drug-likeness (QED) is 0.626. The number of hydrogen-bond donors (Lipinski definition) is 1. The van der Waals surface area contributed by atoms with Crippen LogP contribution in [0.25, 0.3) is 0 Å². The Labute approximate surface area is 194 Å². The SMILES string of the molecule is Cc1ccc(C(CN2CCOCC2)NC(=O)CCS(=O)(=O)c2ccc3c(c2)OCCO3)cc1. The van der Waals surface area contributed by atoms with E-state index in [4.69, 9.17) is 14.2 Å². The summed E-state index contributed by atoms with van der Waals surface area (Å²) in [6.07, 6.45) is -0.123. The first-order valence-electron chi connectivity index (χ1n) is 11.2. The van der Waals surface area contributed by atoms with Gasteiger partial charge in [0, 0.05) is 32.1 Å². The molecule has 1 saturated heterocycles. The lowest BCUT2D eigenvalue weighted by Gasteiger charge is -2.31. The van der Waals surface area contributed by atoms with Crippen LogP contribution >= 0.6 is 0 Å². The first-order valence-corrected chi connectivity index (χ1v) is 12.8. The van der Waals surface area contributed by atoms with Crippen molar-refractivity contribution >= 4 is 15.7 Å². The van der Waals surface area contributed by atoms with E-state index in [2.05, 4.69) is 10.2 Å². The maximum absolute atomic E-state index is 12.8. The molecule has 9 heteroatoms. The topological polar surface area (TPSA) is 94.2 Å². The van der Waals surface area contributed by atoms with E-state index in [0.717, 1.165) is 24.2 Å². The number of carbonyl (C=O) groups excluding carboxylic acids is 1. The summed E-state index contributed by atoms with van der Waals surface area (Å²) >= 11 is 0. The van der Waals surface area contributed by atoms with E-state index in [9.17, 15) is 13.2 Å². The maximum Gasteiger partial charge on any atom is 0.221 e. The third kappa shape index (κ3) is 6.25. The highest BCUT2D eigenvalue weighted by molar-refractivity contribution is 7.91. The van der Waals surface area contributed by atoms with E-state index in [1.165, 1.54) is 12.1 Å². The molecule has 1 N–H and O–H groups in total. The highest BCUT2D eigenvalue weighted by Gasteiger charge is 2.23. The summed E-state index contributed by atoms with van der Waals surface area (Å²) in [5, 5.41) is 3.04. The van der Waals surface area contributed by atoms with E-state index in [-0.39, 0.29) is 29.0 Å². The van der Waals surface area contributed by atoms with E-state index in [0.29, 0.717) is 44.5 Å². The van der Waals surface area contributed by atoms with Crippen molar-refractivity contribution in [1.29, 1.82) is 0 Å². The van der Waals surface area contributed by atoms with Gasteiger partial charge in [-0.05, 0) is 24.6 Å². The van der Waals surface area contributed by atoms with Gasteiger partial charge in [0.25, 0.3) is 0 Å². The molecular weight excluding hydrogens is 444 g/mol. The summed E-state index contributed by atoms with van der Waals surface area (Å²) in [4.78, 5) is 15.2. The second-order valence-corrected chi connectivity index (χ2v) is 10.4. The first kappa shape index (κ1) is 23.5. The number of ether oxygens (including phenoxy) is 3. The number of fused-ring (bicyclic) bond motifs is 1. The van der Waals surface area contributed by atoms with Crippen LogP contribution in [0.1, 0.15) is 23.6 Å². The van der Waals surface area contributed by atoms with Gasteiger partial charge in [0.1, 0.15) is 13.2 Å². The predicted octanol–water partition coefficient (Wildman–Crippen LogP) is 2.12. The van der Waals surface area contributed by atoms with E-state index >= 15 is 0 Å². The van der Waals surface area contributed by atoms with Crippen molar-refractivity contribution in [1.82, 2.24) is 10.2 Å². The van der Waals surface area contributed by atoms with Crippen molar-refractivity contribution in [3.63, 3.8) is 0 Å². The van der Waals surface area contributed by atoms with Crippen molar-refractivity contribution in [2.45, 2.75) is 24.3 Å². The van der Waals surface area contributed by atoms with Gasteiger partial charge in [-0.1, -0.05) is 29.8 Å². The van der Waals surface area contributed by atoms with Crippen molar-refractivity contribution in [3.05, 3.63) is 53.6 Å². The molecule has 0 radical (unpaired) electrons. The minimum Gasteiger partial charge on any atom is -0.486 e. The van der Waals surface area contributed by atoms with Crippen molar-refractivity contribution in [2.75, 3.05) is 51.8 Å². The molecule has 33 heavy (non-hydrogen) atoms. The Morgan fingerprint density at radius 2 is 1.70 bits per heavy atom. The molecular formula is C24H30N2O6S. The fourth-order valence-corrected chi connectivity index (χ4v) is 5.16. The summed E-state index contributed by atoms with van der Waals surface area (Å²) in [7, 11) is -3.65. The largest absolute Gasteiger partial charge is 0.486 e. The second-order valence-electron chi connectivity index (χ2n) is 8.32. The van der Waals surface area contributed by atoms with Crippen LogP contribution in [0.4, 0.5) is 0 Å². The molecule has 2 aromatic rings. The molecule has 2 aromatic carbocycles. The Bertz CT molecular complexity index is 1060. The van der Waals surface area contributed by atoms with Gasteiger partial charge >= 0.3 is 0 Å². The summed E-state index contributed by atoms with van der Waals surface area (Å²) in [5.74, 6) is 0.366. The highest BCUT2D eigenvalue weighted by atomic mass is 32.2. The van der Waals surface area contributed by atoms with Crippen LogP contribution in [-0.4, -0.2) is 71.0 Å². The molecule has 0 aliphatic carbocycles. The average Bonchev–Trinajstić information content (AvgIpc) is 2.83. The summed E-state index contributed by atoms with van der Waals surface area (Å²) in [5.41, 5.74) is 2.14. The Hall–Kier alpha value is -2.62. The molecule has 2 aliphatic heterocycles. The van der Waals surface area contributed by atoms with Crippen LogP contribution in [0, 0.1) is 6.92 Å². The molecule has 1 fully saturated rings. The molecule has 4 rings (SSSR count). The van der Waals surface area contributed by atoms with E-state index in [1.807, 2.05) is 31.2 Å². The second kappa shape index (κ2) is 10.5. The lowest BCUT2D eigenvalue weighted by molar-refractivity contribution is -0.121. The Morgan fingerprint density at radius 1 is 1.00 bits per heavy atom. The minimum atomic E-state index is -3.65. The van der Waals surface area contributed by atoms with Crippen molar-refractivity contribution in [2.24, 2.45) is 0 Å². The van der Waals surface area contributed by atoms with Crippen LogP contribution in [0.3, 0.4) is 0 Å². The maximum atomic E-state index is 12.8. The molecule has 1 amide bonds. The number of amides is 1. The standard InChI is InChI=1S/C24H30N2O6S/c1-18-2-4-19(5-3-18)21(17-26-9-11-30-12-10-26)25-24(27)8-15-33(28,29)20-6-7-22-23(16-20)32-14-13-31-22/h2-7,16,21H,8-15,17H2,1H3,(H,25,27). The Balaban J connectivity index is 1.40. The zero-order chi connectivity index (χ0) is 23.3. The van der Waals surface area contributed by atoms with E-state index < -0.39 is 9.84 Å².